The molecule has 0 bridgehead atoms. The SMILES string of the molecule is COc1ccc(OC)c(C(=O)C=C2OC(=O)c3cccc(OC)c32)c1. The Kier molecular flexibility index (Phi) is 4.43. The van der Waals surface area contributed by atoms with Crippen LogP contribution in [0.25, 0.3) is 5.76 Å². The third kappa shape index (κ3) is 2.94. The normalized spacial score (nSPS) is 14.0. The fourth-order valence-electron chi connectivity index (χ4n) is 2.64. The van der Waals surface area contributed by atoms with Crippen LogP contribution < -0.4 is 14.2 Å². The Morgan fingerprint density at radius 2 is 1.76 bits per heavy atom. The zero-order valence-electron chi connectivity index (χ0n) is 14.0. The monoisotopic (exact) mass is 340 g/mol. The highest BCUT2D eigenvalue weighted by molar-refractivity contribution is 6.14. The lowest BCUT2D eigenvalue weighted by atomic mass is 10.0. The van der Waals surface area contributed by atoms with Gasteiger partial charge < -0.3 is 18.9 Å². The second-order valence-electron chi connectivity index (χ2n) is 5.21. The lowest BCUT2D eigenvalue weighted by Crippen LogP contribution is -2.01. The van der Waals surface area contributed by atoms with E-state index < -0.39 is 5.97 Å². The van der Waals surface area contributed by atoms with Crippen molar-refractivity contribution >= 4 is 17.5 Å². The van der Waals surface area contributed by atoms with E-state index >= 15 is 0 Å². The highest BCUT2D eigenvalue weighted by Crippen LogP contribution is 2.37. The second-order valence-corrected chi connectivity index (χ2v) is 5.21. The molecular formula is C19H16O6. The Hall–Kier alpha value is -3.28. The van der Waals surface area contributed by atoms with Gasteiger partial charge in [-0.05, 0) is 30.3 Å². The zero-order chi connectivity index (χ0) is 18.0. The summed E-state index contributed by atoms with van der Waals surface area (Å²) in [5.74, 6) is 0.617. The lowest BCUT2D eigenvalue weighted by Gasteiger charge is -2.09. The minimum Gasteiger partial charge on any atom is -0.497 e. The van der Waals surface area contributed by atoms with Crippen LogP contribution in [0.4, 0.5) is 0 Å². The second kappa shape index (κ2) is 6.68. The van der Waals surface area contributed by atoms with Gasteiger partial charge in [-0.1, -0.05) is 6.07 Å². The number of hydrogen-bond acceptors (Lipinski definition) is 6. The quantitative estimate of drug-likeness (QED) is 0.473. The summed E-state index contributed by atoms with van der Waals surface area (Å²) >= 11 is 0. The van der Waals surface area contributed by atoms with Gasteiger partial charge in [0.1, 0.15) is 23.0 Å². The lowest BCUT2D eigenvalue weighted by molar-refractivity contribution is 0.0715. The van der Waals surface area contributed by atoms with Crippen molar-refractivity contribution in [2.75, 3.05) is 21.3 Å². The van der Waals surface area contributed by atoms with E-state index in [1.807, 2.05) is 0 Å². The number of hydrogen-bond donors (Lipinski definition) is 0. The van der Waals surface area contributed by atoms with Crippen LogP contribution in [0.15, 0.2) is 42.5 Å². The van der Waals surface area contributed by atoms with Crippen molar-refractivity contribution < 1.29 is 28.5 Å². The van der Waals surface area contributed by atoms with E-state index in [0.29, 0.717) is 33.9 Å². The van der Waals surface area contributed by atoms with E-state index in [1.54, 1.807) is 36.4 Å². The van der Waals surface area contributed by atoms with Crippen LogP contribution in [0.1, 0.15) is 26.3 Å². The van der Waals surface area contributed by atoms with Crippen LogP contribution in [0, 0.1) is 0 Å². The molecule has 0 fully saturated rings. The van der Waals surface area contributed by atoms with Gasteiger partial charge >= 0.3 is 5.97 Å². The average Bonchev–Trinajstić information content (AvgIpc) is 2.96. The van der Waals surface area contributed by atoms with Crippen LogP contribution in [0.5, 0.6) is 17.2 Å². The predicted molar refractivity (Wildman–Crippen MR) is 90.3 cm³/mol. The molecule has 2 aromatic rings. The maximum Gasteiger partial charge on any atom is 0.344 e. The molecule has 1 heterocycles. The van der Waals surface area contributed by atoms with Crippen molar-refractivity contribution in [1.29, 1.82) is 0 Å². The minimum atomic E-state index is -0.523. The molecule has 0 saturated carbocycles. The standard InChI is InChI=1S/C19H16O6/c1-22-11-7-8-15(23-2)13(9-11)14(20)10-17-18-12(19(21)25-17)5-4-6-16(18)24-3/h4-10H,1-3H3. The molecule has 0 unspecified atom stereocenters. The molecule has 0 atom stereocenters. The smallest absolute Gasteiger partial charge is 0.344 e. The number of ether oxygens (including phenoxy) is 4. The van der Waals surface area contributed by atoms with E-state index in [-0.39, 0.29) is 11.5 Å². The van der Waals surface area contributed by atoms with Gasteiger partial charge in [0.25, 0.3) is 0 Å². The van der Waals surface area contributed by atoms with E-state index in [9.17, 15) is 9.59 Å². The number of carbonyl (C=O) groups is 2. The van der Waals surface area contributed by atoms with Crippen molar-refractivity contribution in [3.8, 4) is 17.2 Å². The number of ketones is 1. The zero-order valence-corrected chi connectivity index (χ0v) is 14.0. The third-order valence-electron chi connectivity index (χ3n) is 3.85. The molecular weight excluding hydrogens is 324 g/mol. The molecule has 0 amide bonds. The van der Waals surface area contributed by atoms with Crippen LogP contribution in [-0.4, -0.2) is 33.1 Å². The number of carbonyl (C=O) groups excluding carboxylic acids is 2. The summed E-state index contributed by atoms with van der Waals surface area (Å²) in [5.41, 5.74) is 1.12. The van der Waals surface area contributed by atoms with Crippen molar-refractivity contribution in [1.82, 2.24) is 0 Å². The van der Waals surface area contributed by atoms with Crippen molar-refractivity contribution in [3.05, 3.63) is 59.2 Å². The molecule has 1 aliphatic heterocycles. The van der Waals surface area contributed by atoms with Crippen LogP contribution in [0.3, 0.4) is 0 Å². The fraction of sp³-hybridized carbons (Fsp3) is 0.158. The number of rotatable bonds is 5. The first-order chi connectivity index (χ1) is 12.1. The predicted octanol–water partition coefficient (Wildman–Crippen LogP) is 3.11. The number of fused-ring (bicyclic) bond motifs is 1. The third-order valence-corrected chi connectivity index (χ3v) is 3.85. The van der Waals surface area contributed by atoms with Crippen LogP contribution in [-0.2, 0) is 4.74 Å². The summed E-state index contributed by atoms with van der Waals surface area (Å²) in [7, 11) is 4.47. The molecule has 128 valence electrons. The van der Waals surface area contributed by atoms with E-state index in [2.05, 4.69) is 0 Å². The minimum absolute atomic E-state index is 0.146. The van der Waals surface area contributed by atoms with Gasteiger partial charge in [-0.2, -0.15) is 0 Å². The molecule has 0 aliphatic carbocycles. The molecule has 6 nitrogen and oxygen atoms in total. The number of benzene rings is 2. The van der Waals surface area contributed by atoms with Crippen LogP contribution >= 0.6 is 0 Å². The molecule has 0 N–H and O–H groups in total. The van der Waals surface area contributed by atoms with Gasteiger partial charge in [0.15, 0.2) is 5.78 Å². The summed E-state index contributed by atoms with van der Waals surface area (Å²) in [6, 6.07) is 9.91. The van der Waals surface area contributed by atoms with Gasteiger partial charge in [0.2, 0.25) is 0 Å². The van der Waals surface area contributed by atoms with E-state index in [1.165, 1.54) is 27.4 Å². The Morgan fingerprint density at radius 1 is 1.00 bits per heavy atom. The molecule has 2 aromatic carbocycles. The van der Waals surface area contributed by atoms with Gasteiger partial charge in [-0.25, -0.2) is 4.79 Å². The highest BCUT2D eigenvalue weighted by Gasteiger charge is 2.30. The van der Waals surface area contributed by atoms with Crippen LogP contribution in [0.2, 0.25) is 0 Å². The maximum atomic E-state index is 12.7. The summed E-state index contributed by atoms with van der Waals surface area (Å²) < 4.78 is 20.9. The topological polar surface area (TPSA) is 71.1 Å². The molecule has 0 aromatic heterocycles. The first-order valence-electron chi connectivity index (χ1n) is 7.46. The Balaban J connectivity index is 2.06. The average molecular weight is 340 g/mol. The summed E-state index contributed by atoms with van der Waals surface area (Å²) in [4.78, 5) is 24.7. The van der Waals surface area contributed by atoms with E-state index in [0.717, 1.165) is 0 Å². The van der Waals surface area contributed by atoms with Crippen molar-refractivity contribution in [2.24, 2.45) is 0 Å². The molecule has 0 spiro atoms. The van der Waals surface area contributed by atoms with Gasteiger partial charge in [-0.3, -0.25) is 4.79 Å². The molecule has 6 heteroatoms. The Bertz CT molecular complexity index is 881. The van der Waals surface area contributed by atoms with Crippen molar-refractivity contribution in [2.45, 2.75) is 0 Å². The number of methoxy groups -OCH3 is 3. The molecule has 0 radical (unpaired) electrons. The number of allylic oxidation sites excluding steroid dienone is 1. The molecule has 25 heavy (non-hydrogen) atoms. The van der Waals surface area contributed by atoms with Gasteiger partial charge in [-0.15, -0.1) is 0 Å². The molecule has 0 saturated heterocycles. The first kappa shape index (κ1) is 16.6. The Labute approximate surface area is 144 Å². The number of cyclic esters (lactones) is 1. The highest BCUT2D eigenvalue weighted by atomic mass is 16.5. The van der Waals surface area contributed by atoms with Gasteiger partial charge in [0.05, 0.1) is 38.0 Å². The maximum absolute atomic E-state index is 12.7. The largest absolute Gasteiger partial charge is 0.497 e. The van der Waals surface area contributed by atoms with Gasteiger partial charge in [0, 0.05) is 6.08 Å². The molecule has 1 aliphatic rings. The molecule has 3 rings (SSSR count). The van der Waals surface area contributed by atoms with Crippen molar-refractivity contribution in [3.63, 3.8) is 0 Å². The summed E-state index contributed by atoms with van der Waals surface area (Å²) in [6.45, 7) is 0. The van der Waals surface area contributed by atoms with E-state index in [4.69, 9.17) is 18.9 Å². The first-order valence-corrected chi connectivity index (χ1v) is 7.46. The fourth-order valence-corrected chi connectivity index (χ4v) is 2.64. The summed E-state index contributed by atoms with van der Waals surface area (Å²) in [5, 5.41) is 0. The summed E-state index contributed by atoms with van der Waals surface area (Å²) in [6.07, 6.45) is 1.25. The number of esters is 1. The Morgan fingerprint density at radius 3 is 2.44 bits per heavy atom.